The molecule has 0 atom stereocenters. The second-order valence-electron chi connectivity index (χ2n) is 4.81. The van der Waals surface area contributed by atoms with E-state index in [4.69, 9.17) is 21.1 Å². The summed E-state index contributed by atoms with van der Waals surface area (Å²) < 4.78 is 10.3. The van der Waals surface area contributed by atoms with Gasteiger partial charge in [-0.25, -0.2) is 0 Å². The number of halogens is 1. The quantitative estimate of drug-likeness (QED) is 0.441. The van der Waals surface area contributed by atoms with Gasteiger partial charge in [0.05, 0.1) is 41.4 Å². The molecule has 0 aliphatic heterocycles. The molecule has 10 nitrogen and oxygen atoms in total. The summed E-state index contributed by atoms with van der Waals surface area (Å²) in [6.07, 6.45) is 1.34. The van der Waals surface area contributed by atoms with Gasteiger partial charge in [-0.3, -0.25) is 25.7 Å². The molecule has 2 aromatic rings. The van der Waals surface area contributed by atoms with Crippen LogP contribution in [0, 0.1) is 20.2 Å². The molecule has 0 spiro atoms. The number of methoxy groups -OCH3 is 2. The number of benzene rings is 2. The third-order valence-corrected chi connectivity index (χ3v) is 3.58. The van der Waals surface area contributed by atoms with Gasteiger partial charge in [0.1, 0.15) is 17.2 Å². The SMILES string of the molecule is COc1cc(OC)c(/C=N\Nc2ccc([N+](=O)[O-])cc2[N+](=O)[O-])cc1Cl. The molecule has 0 amide bonds. The molecule has 0 saturated carbocycles. The predicted molar refractivity (Wildman–Crippen MR) is 95.5 cm³/mol. The minimum atomic E-state index is -0.740. The van der Waals surface area contributed by atoms with E-state index in [9.17, 15) is 20.2 Å². The summed E-state index contributed by atoms with van der Waals surface area (Å²) in [5.74, 6) is 0.842. The van der Waals surface area contributed by atoms with Crippen LogP contribution in [0.25, 0.3) is 0 Å². The number of rotatable bonds is 7. The van der Waals surface area contributed by atoms with E-state index in [1.54, 1.807) is 12.1 Å². The fourth-order valence-electron chi connectivity index (χ4n) is 2.03. The van der Waals surface area contributed by atoms with E-state index in [1.807, 2.05) is 0 Å². The van der Waals surface area contributed by atoms with E-state index in [1.165, 1.54) is 26.5 Å². The Kier molecular flexibility index (Phi) is 5.91. The van der Waals surface area contributed by atoms with Crippen molar-refractivity contribution in [2.75, 3.05) is 19.6 Å². The highest BCUT2D eigenvalue weighted by molar-refractivity contribution is 6.32. The van der Waals surface area contributed by atoms with Crippen molar-refractivity contribution in [3.63, 3.8) is 0 Å². The highest BCUT2D eigenvalue weighted by atomic mass is 35.5. The summed E-state index contributed by atoms with van der Waals surface area (Å²) in [6, 6.07) is 6.30. The average Bonchev–Trinajstić information content (AvgIpc) is 2.61. The molecule has 0 aliphatic rings. The van der Waals surface area contributed by atoms with E-state index in [0.717, 1.165) is 12.1 Å². The lowest BCUT2D eigenvalue weighted by Gasteiger charge is -2.09. The first-order valence-electron chi connectivity index (χ1n) is 7.00. The molecule has 2 aromatic carbocycles. The Morgan fingerprint density at radius 2 is 1.77 bits per heavy atom. The summed E-state index contributed by atoms with van der Waals surface area (Å²) in [5.41, 5.74) is 2.11. The number of hydrogen-bond acceptors (Lipinski definition) is 8. The van der Waals surface area contributed by atoms with E-state index >= 15 is 0 Å². The molecule has 26 heavy (non-hydrogen) atoms. The second kappa shape index (κ2) is 8.12. The van der Waals surface area contributed by atoms with Gasteiger partial charge in [-0.05, 0) is 12.1 Å². The number of nitro benzene ring substituents is 2. The van der Waals surface area contributed by atoms with Crippen molar-refractivity contribution in [3.05, 3.63) is 61.1 Å². The van der Waals surface area contributed by atoms with Gasteiger partial charge in [0.2, 0.25) is 0 Å². The Morgan fingerprint density at radius 3 is 2.35 bits per heavy atom. The van der Waals surface area contributed by atoms with Crippen LogP contribution in [0.2, 0.25) is 5.02 Å². The maximum Gasteiger partial charge on any atom is 0.301 e. The molecule has 11 heteroatoms. The Morgan fingerprint density at radius 1 is 1.08 bits per heavy atom. The smallest absolute Gasteiger partial charge is 0.301 e. The van der Waals surface area contributed by atoms with Gasteiger partial charge in [0.15, 0.2) is 0 Å². The van der Waals surface area contributed by atoms with Gasteiger partial charge in [-0.15, -0.1) is 0 Å². The van der Waals surface area contributed by atoms with Crippen molar-refractivity contribution in [2.24, 2.45) is 5.10 Å². The van der Waals surface area contributed by atoms with Crippen LogP contribution in [0.5, 0.6) is 11.5 Å². The van der Waals surface area contributed by atoms with Crippen LogP contribution in [0.4, 0.5) is 17.1 Å². The normalized spacial score (nSPS) is 10.6. The molecule has 0 aliphatic carbocycles. The van der Waals surface area contributed by atoms with E-state index in [2.05, 4.69) is 10.5 Å². The predicted octanol–water partition coefficient (Wildman–Crippen LogP) is 3.62. The Bertz CT molecular complexity index is 887. The van der Waals surface area contributed by atoms with Crippen LogP contribution in [0.1, 0.15) is 5.56 Å². The Labute approximate surface area is 152 Å². The molecule has 2 rings (SSSR count). The lowest BCUT2D eigenvalue weighted by atomic mass is 10.2. The van der Waals surface area contributed by atoms with Crippen molar-refractivity contribution in [1.29, 1.82) is 0 Å². The number of nitro groups is 2. The van der Waals surface area contributed by atoms with Crippen molar-refractivity contribution in [1.82, 2.24) is 0 Å². The van der Waals surface area contributed by atoms with Gasteiger partial charge in [0.25, 0.3) is 5.69 Å². The number of hydrogen-bond donors (Lipinski definition) is 1. The molecular formula is C15H13ClN4O6. The minimum absolute atomic E-state index is 0.00424. The van der Waals surface area contributed by atoms with E-state index < -0.39 is 21.2 Å². The lowest BCUT2D eigenvalue weighted by molar-refractivity contribution is -0.393. The maximum absolute atomic E-state index is 11.1. The highest BCUT2D eigenvalue weighted by Gasteiger charge is 2.19. The van der Waals surface area contributed by atoms with E-state index in [-0.39, 0.29) is 5.69 Å². The Hall–Kier alpha value is -3.40. The molecule has 0 fully saturated rings. The summed E-state index contributed by atoms with van der Waals surface area (Å²) in [6.45, 7) is 0. The van der Waals surface area contributed by atoms with Gasteiger partial charge in [0, 0.05) is 17.7 Å². The molecule has 0 bridgehead atoms. The monoisotopic (exact) mass is 380 g/mol. The van der Waals surface area contributed by atoms with Gasteiger partial charge < -0.3 is 9.47 Å². The van der Waals surface area contributed by atoms with Crippen LogP contribution < -0.4 is 14.9 Å². The number of hydrazone groups is 1. The largest absolute Gasteiger partial charge is 0.496 e. The van der Waals surface area contributed by atoms with Crippen molar-refractivity contribution in [2.45, 2.75) is 0 Å². The van der Waals surface area contributed by atoms with Crippen LogP contribution in [0.3, 0.4) is 0 Å². The van der Waals surface area contributed by atoms with Crippen LogP contribution in [-0.2, 0) is 0 Å². The lowest BCUT2D eigenvalue weighted by Crippen LogP contribution is -1.99. The summed E-state index contributed by atoms with van der Waals surface area (Å²) in [4.78, 5) is 20.4. The Balaban J connectivity index is 2.30. The minimum Gasteiger partial charge on any atom is -0.496 e. The van der Waals surface area contributed by atoms with Gasteiger partial charge in [-0.1, -0.05) is 11.6 Å². The highest BCUT2D eigenvalue weighted by Crippen LogP contribution is 2.32. The molecule has 136 valence electrons. The molecule has 0 unspecified atom stereocenters. The maximum atomic E-state index is 11.1. The van der Waals surface area contributed by atoms with Crippen molar-refractivity contribution >= 4 is 34.9 Å². The topological polar surface area (TPSA) is 129 Å². The first-order valence-corrected chi connectivity index (χ1v) is 7.38. The fraction of sp³-hybridized carbons (Fsp3) is 0.133. The summed E-state index contributed by atoms with van der Waals surface area (Å²) in [5, 5.41) is 26.1. The number of nitrogens with one attached hydrogen (secondary N) is 1. The summed E-state index contributed by atoms with van der Waals surface area (Å²) >= 11 is 6.05. The first kappa shape index (κ1) is 18.9. The zero-order chi connectivity index (χ0) is 19.3. The second-order valence-corrected chi connectivity index (χ2v) is 5.22. The first-order chi connectivity index (χ1) is 12.4. The van der Waals surface area contributed by atoms with Gasteiger partial charge >= 0.3 is 5.69 Å². The number of anilines is 1. The molecule has 0 aromatic heterocycles. The molecule has 0 saturated heterocycles. The number of non-ortho nitro benzene ring substituents is 1. The van der Waals surface area contributed by atoms with Gasteiger partial charge in [-0.2, -0.15) is 5.10 Å². The third kappa shape index (κ3) is 4.16. The molecule has 0 radical (unpaired) electrons. The zero-order valence-electron chi connectivity index (χ0n) is 13.6. The number of ether oxygens (including phenoxy) is 2. The van der Waals surface area contributed by atoms with Crippen LogP contribution in [-0.4, -0.2) is 30.3 Å². The standard InChI is InChI=1S/C15H13ClN4O6/c1-25-14-7-15(26-2)11(16)5-9(14)8-17-18-12-4-3-10(19(21)22)6-13(12)20(23)24/h3-8,18H,1-2H3/b17-8-. The third-order valence-electron chi connectivity index (χ3n) is 3.28. The van der Waals surface area contributed by atoms with Crippen LogP contribution in [0.15, 0.2) is 35.4 Å². The average molecular weight is 381 g/mol. The molecule has 0 heterocycles. The van der Waals surface area contributed by atoms with E-state index in [0.29, 0.717) is 22.1 Å². The molecule has 1 N–H and O–H groups in total. The number of nitrogens with zero attached hydrogens (tertiary/aromatic N) is 3. The van der Waals surface area contributed by atoms with Crippen LogP contribution >= 0.6 is 11.6 Å². The van der Waals surface area contributed by atoms with Crippen molar-refractivity contribution < 1.29 is 19.3 Å². The van der Waals surface area contributed by atoms with Crippen molar-refractivity contribution in [3.8, 4) is 11.5 Å². The molecular weight excluding hydrogens is 368 g/mol. The fourth-order valence-corrected chi connectivity index (χ4v) is 2.28. The summed E-state index contributed by atoms with van der Waals surface area (Å²) in [7, 11) is 2.91. The zero-order valence-corrected chi connectivity index (χ0v) is 14.4.